The molecule has 0 aliphatic carbocycles. The number of aryl methyl sites for hydroxylation is 1. The monoisotopic (exact) mass is 331 g/mol. The zero-order valence-electron chi connectivity index (χ0n) is 13.7. The molecule has 3 heterocycles. The van der Waals surface area contributed by atoms with Crippen molar-refractivity contribution in [1.82, 2.24) is 24.0 Å². The number of imidazole rings is 2. The number of rotatable bonds is 5. The molecular weight excluding hydrogens is 310 g/mol. The van der Waals surface area contributed by atoms with Crippen LogP contribution in [0.4, 0.5) is 0 Å². The number of aliphatic carboxylic acids is 1. The third-order valence-electron chi connectivity index (χ3n) is 4.59. The fraction of sp³-hybridized carbons (Fsp3) is 0.500. The normalized spacial score (nSPS) is 22.6. The molecule has 2 aromatic rings. The number of carboxylic acid groups (broad SMARTS) is 1. The molecule has 3 atom stereocenters. The van der Waals surface area contributed by atoms with Gasteiger partial charge in [-0.15, -0.1) is 0 Å². The van der Waals surface area contributed by atoms with Crippen LogP contribution >= 0.6 is 0 Å². The summed E-state index contributed by atoms with van der Waals surface area (Å²) in [6, 6.07) is -0.738. The van der Waals surface area contributed by atoms with E-state index >= 15 is 0 Å². The van der Waals surface area contributed by atoms with Gasteiger partial charge in [0, 0.05) is 50.8 Å². The maximum absolute atomic E-state index is 12.6. The first kappa shape index (κ1) is 16.2. The quantitative estimate of drug-likeness (QED) is 0.884. The van der Waals surface area contributed by atoms with Crippen LogP contribution in [0.2, 0.25) is 0 Å². The number of hydrogen-bond donors (Lipinski definition) is 1. The lowest BCUT2D eigenvalue weighted by atomic mass is 9.87. The molecule has 128 valence electrons. The molecule has 0 saturated carbocycles. The smallest absolute Gasteiger partial charge is 0.309 e. The van der Waals surface area contributed by atoms with Gasteiger partial charge in [-0.2, -0.15) is 0 Å². The van der Waals surface area contributed by atoms with Crippen LogP contribution in [-0.4, -0.2) is 47.0 Å². The highest BCUT2D eigenvalue weighted by Gasteiger charge is 2.44. The highest BCUT2D eigenvalue weighted by atomic mass is 16.4. The van der Waals surface area contributed by atoms with Crippen molar-refractivity contribution in [3.8, 4) is 0 Å². The van der Waals surface area contributed by atoms with Crippen LogP contribution in [0.1, 0.15) is 31.6 Å². The van der Waals surface area contributed by atoms with E-state index in [2.05, 4.69) is 9.97 Å². The van der Waals surface area contributed by atoms with E-state index in [0.717, 1.165) is 0 Å². The maximum atomic E-state index is 12.6. The van der Waals surface area contributed by atoms with E-state index in [4.69, 9.17) is 0 Å². The van der Waals surface area contributed by atoms with Crippen molar-refractivity contribution >= 4 is 11.9 Å². The molecule has 1 fully saturated rings. The molecule has 0 spiro atoms. The van der Waals surface area contributed by atoms with Crippen LogP contribution in [0.25, 0.3) is 0 Å². The minimum Gasteiger partial charge on any atom is -0.481 e. The molecule has 1 unspecified atom stereocenters. The number of carbonyl (C=O) groups is 2. The summed E-state index contributed by atoms with van der Waals surface area (Å²) >= 11 is 0. The van der Waals surface area contributed by atoms with Gasteiger partial charge in [-0.25, -0.2) is 9.97 Å². The zero-order valence-corrected chi connectivity index (χ0v) is 13.7. The average Bonchev–Trinajstić information content (AvgIpc) is 3.17. The number of hydrogen-bond acceptors (Lipinski definition) is 4. The Kier molecular flexibility index (Phi) is 4.37. The highest BCUT2D eigenvalue weighted by Crippen LogP contribution is 2.37. The van der Waals surface area contributed by atoms with Crippen LogP contribution in [0, 0.1) is 5.92 Å². The molecule has 1 N–H and O–H groups in total. The van der Waals surface area contributed by atoms with Gasteiger partial charge in [-0.05, 0) is 13.3 Å². The van der Waals surface area contributed by atoms with Crippen molar-refractivity contribution in [1.29, 1.82) is 0 Å². The molecule has 1 aliphatic heterocycles. The first-order valence-electron chi connectivity index (χ1n) is 7.96. The molecular formula is C16H21N5O3. The molecule has 8 heteroatoms. The summed E-state index contributed by atoms with van der Waals surface area (Å²) in [6.07, 6.45) is 9.18. The average molecular weight is 331 g/mol. The molecule has 3 rings (SSSR count). The standard InChI is InChI=1S/C16H21N5O3/c1-11(9-20-8-5-17-10-20)21-13(22)4-3-12(16(23)24)14(21)15-18-6-7-19(15)2/h5-8,10-12,14H,3-4,9H2,1-2H3,(H,23,24)/t11?,12-,14-/m0/s1. The number of aromatic nitrogens is 4. The molecule has 1 aliphatic rings. The summed E-state index contributed by atoms with van der Waals surface area (Å²) in [5, 5.41) is 9.65. The van der Waals surface area contributed by atoms with Crippen molar-refractivity contribution in [3.63, 3.8) is 0 Å². The number of nitrogens with zero attached hydrogens (tertiary/aromatic N) is 5. The zero-order chi connectivity index (χ0) is 17.3. The second-order valence-corrected chi connectivity index (χ2v) is 6.23. The number of carbonyl (C=O) groups excluding carboxylic acids is 1. The van der Waals surface area contributed by atoms with Gasteiger partial charge >= 0.3 is 5.97 Å². The Labute approximate surface area is 139 Å². The summed E-state index contributed by atoms with van der Waals surface area (Å²) in [5.41, 5.74) is 0. The molecule has 2 aromatic heterocycles. The van der Waals surface area contributed by atoms with Crippen LogP contribution in [-0.2, 0) is 23.2 Å². The second-order valence-electron chi connectivity index (χ2n) is 6.23. The van der Waals surface area contributed by atoms with Gasteiger partial charge in [-0.3, -0.25) is 9.59 Å². The fourth-order valence-corrected chi connectivity index (χ4v) is 3.45. The van der Waals surface area contributed by atoms with Crippen LogP contribution in [0.3, 0.4) is 0 Å². The Balaban J connectivity index is 1.96. The van der Waals surface area contributed by atoms with Gasteiger partial charge in [0.1, 0.15) is 11.9 Å². The van der Waals surface area contributed by atoms with Gasteiger partial charge in [-0.1, -0.05) is 0 Å². The van der Waals surface area contributed by atoms with E-state index < -0.39 is 17.9 Å². The molecule has 1 saturated heterocycles. The Morgan fingerprint density at radius 2 is 2.21 bits per heavy atom. The predicted molar refractivity (Wildman–Crippen MR) is 84.8 cm³/mol. The maximum Gasteiger partial charge on any atom is 0.309 e. The molecule has 0 bridgehead atoms. The Hall–Kier alpha value is -2.64. The minimum absolute atomic E-state index is 0.0342. The molecule has 1 amide bonds. The van der Waals surface area contributed by atoms with E-state index in [1.54, 1.807) is 34.4 Å². The van der Waals surface area contributed by atoms with Crippen LogP contribution in [0.5, 0.6) is 0 Å². The largest absolute Gasteiger partial charge is 0.481 e. The molecule has 0 aromatic carbocycles. The van der Waals surface area contributed by atoms with Crippen molar-refractivity contribution in [2.45, 2.75) is 38.4 Å². The van der Waals surface area contributed by atoms with Gasteiger partial charge in [0.05, 0.1) is 12.2 Å². The lowest BCUT2D eigenvalue weighted by molar-refractivity contribution is -0.154. The number of likely N-dealkylation sites (tertiary alicyclic amines) is 1. The third-order valence-corrected chi connectivity index (χ3v) is 4.59. The van der Waals surface area contributed by atoms with E-state index in [0.29, 0.717) is 18.8 Å². The van der Waals surface area contributed by atoms with Gasteiger partial charge < -0.3 is 19.1 Å². The first-order valence-corrected chi connectivity index (χ1v) is 7.96. The number of amides is 1. The summed E-state index contributed by atoms with van der Waals surface area (Å²) in [7, 11) is 1.82. The van der Waals surface area contributed by atoms with E-state index in [1.165, 1.54) is 0 Å². The topological polar surface area (TPSA) is 93.2 Å². The molecule has 0 radical (unpaired) electrons. The van der Waals surface area contributed by atoms with E-state index in [-0.39, 0.29) is 18.4 Å². The third kappa shape index (κ3) is 2.91. The summed E-state index contributed by atoms with van der Waals surface area (Å²) in [6.45, 7) is 2.48. The van der Waals surface area contributed by atoms with E-state index in [9.17, 15) is 14.7 Å². The Bertz CT molecular complexity index is 724. The first-order chi connectivity index (χ1) is 11.5. The van der Waals surface area contributed by atoms with Gasteiger partial charge in [0.15, 0.2) is 0 Å². The minimum atomic E-state index is -0.893. The highest BCUT2D eigenvalue weighted by molar-refractivity contribution is 5.81. The van der Waals surface area contributed by atoms with E-state index in [1.807, 2.05) is 24.7 Å². The number of carboxylic acids is 1. The van der Waals surface area contributed by atoms with Crippen LogP contribution in [0.15, 0.2) is 31.1 Å². The Morgan fingerprint density at radius 1 is 1.42 bits per heavy atom. The van der Waals surface area contributed by atoms with Gasteiger partial charge in [0.25, 0.3) is 0 Å². The van der Waals surface area contributed by atoms with Crippen molar-refractivity contribution in [2.24, 2.45) is 13.0 Å². The molecule has 24 heavy (non-hydrogen) atoms. The number of piperidine rings is 1. The van der Waals surface area contributed by atoms with Gasteiger partial charge in [0.2, 0.25) is 5.91 Å². The van der Waals surface area contributed by atoms with Crippen molar-refractivity contribution in [2.75, 3.05) is 0 Å². The summed E-state index contributed by atoms with van der Waals surface area (Å²) in [4.78, 5) is 34.4. The second kappa shape index (κ2) is 6.46. The predicted octanol–water partition coefficient (Wildman–Crippen LogP) is 1.07. The Morgan fingerprint density at radius 3 is 2.79 bits per heavy atom. The van der Waals surface area contributed by atoms with Crippen molar-refractivity contribution < 1.29 is 14.7 Å². The SMILES string of the molecule is CC(Cn1ccnc1)N1C(=O)CC[C@H](C(=O)O)[C@H]1c1nccn1C. The van der Waals surface area contributed by atoms with Crippen LogP contribution < -0.4 is 0 Å². The lowest BCUT2D eigenvalue weighted by Gasteiger charge is -2.42. The summed E-state index contributed by atoms with van der Waals surface area (Å²) < 4.78 is 3.67. The fourth-order valence-electron chi connectivity index (χ4n) is 3.45. The molecule has 8 nitrogen and oxygen atoms in total. The lowest BCUT2D eigenvalue weighted by Crippen LogP contribution is -2.51. The summed E-state index contributed by atoms with van der Waals surface area (Å²) in [5.74, 6) is -0.981. The van der Waals surface area contributed by atoms with Crippen molar-refractivity contribution in [3.05, 3.63) is 36.9 Å².